The van der Waals surface area contributed by atoms with Crippen molar-refractivity contribution in [2.75, 3.05) is 45.5 Å². The fourth-order valence-electron chi connectivity index (χ4n) is 2.67. The minimum atomic E-state index is 1.14. The van der Waals surface area contributed by atoms with Crippen LogP contribution in [0.1, 0.15) is 24.8 Å². The number of rotatable bonds is 9. The Morgan fingerprint density at radius 3 is 2.60 bits per heavy atom. The summed E-state index contributed by atoms with van der Waals surface area (Å²) in [4.78, 5) is 5.09. The maximum absolute atomic E-state index is 2.61. The Hall–Kier alpha value is -0.510. The third kappa shape index (κ3) is 6.29. The van der Waals surface area contributed by atoms with Gasteiger partial charge in [0.25, 0.3) is 0 Å². The molecule has 1 saturated heterocycles. The smallest absolute Gasteiger partial charge is 0.0185 e. The van der Waals surface area contributed by atoms with E-state index in [1.54, 1.807) is 0 Å². The van der Waals surface area contributed by atoms with Gasteiger partial charge in [0.1, 0.15) is 0 Å². The normalized spacial score (nSPS) is 16.1. The molecule has 0 spiro atoms. The van der Waals surface area contributed by atoms with Crippen LogP contribution in [0.4, 0.5) is 0 Å². The van der Waals surface area contributed by atoms with Gasteiger partial charge in [-0.05, 0) is 58.1 Å². The highest BCUT2D eigenvalue weighted by molar-refractivity contribution is 7.98. The number of hydrogen-bond acceptors (Lipinski definition) is 3. The maximum atomic E-state index is 2.61. The lowest BCUT2D eigenvalue weighted by Gasteiger charge is -2.19. The SMILES string of the molecule is CN(CCCN1CCCC1)CCSCc1ccccc1. The lowest BCUT2D eigenvalue weighted by Crippen LogP contribution is -2.27. The summed E-state index contributed by atoms with van der Waals surface area (Å²) in [5.74, 6) is 2.37. The number of thioether (sulfide) groups is 1. The Morgan fingerprint density at radius 1 is 1.10 bits per heavy atom. The topological polar surface area (TPSA) is 6.48 Å². The molecule has 20 heavy (non-hydrogen) atoms. The molecule has 0 radical (unpaired) electrons. The standard InChI is InChI=1S/C17H28N2S/c1-18(10-7-13-19-11-5-6-12-19)14-15-20-16-17-8-3-2-4-9-17/h2-4,8-9H,5-7,10-16H2,1H3. The van der Waals surface area contributed by atoms with Crippen molar-refractivity contribution in [3.05, 3.63) is 35.9 Å². The van der Waals surface area contributed by atoms with Gasteiger partial charge < -0.3 is 9.80 Å². The monoisotopic (exact) mass is 292 g/mol. The molecule has 1 aliphatic rings. The van der Waals surface area contributed by atoms with E-state index >= 15 is 0 Å². The first kappa shape index (κ1) is 15.9. The molecule has 3 heteroatoms. The van der Waals surface area contributed by atoms with Crippen molar-refractivity contribution in [3.63, 3.8) is 0 Å². The first-order valence-electron chi connectivity index (χ1n) is 7.87. The Balaban J connectivity index is 1.46. The van der Waals surface area contributed by atoms with Crippen molar-refractivity contribution < 1.29 is 0 Å². The molecule has 1 aliphatic heterocycles. The second kappa shape index (κ2) is 9.43. The van der Waals surface area contributed by atoms with Gasteiger partial charge in [-0.25, -0.2) is 0 Å². The molecule has 0 unspecified atom stereocenters. The van der Waals surface area contributed by atoms with Crippen LogP contribution in [-0.4, -0.2) is 55.3 Å². The van der Waals surface area contributed by atoms with Crippen LogP contribution >= 0.6 is 11.8 Å². The van der Waals surface area contributed by atoms with Gasteiger partial charge in [0.15, 0.2) is 0 Å². The zero-order valence-electron chi connectivity index (χ0n) is 12.8. The Bertz CT molecular complexity index is 349. The highest BCUT2D eigenvalue weighted by Gasteiger charge is 2.10. The predicted molar refractivity (Wildman–Crippen MR) is 90.4 cm³/mol. The largest absolute Gasteiger partial charge is 0.305 e. The molecule has 0 atom stereocenters. The molecule has 0 N–H and O–H groups in total. The van der Waals surface area contributed by atoms with Crippen molar-refractivity contribution in [1.29, 1.82) is 0 Å². The van der Waals surface area contributed by atoms with E-state index in [0.29, 0.717) is 0 Å². The van der Waals surface area contributed by atoms with Gasteiger partial charge in [-0.3, -0.25) is 0 Å². The Kier molecular flexibility index (Phi) is 7.48. The van der Waals surface area contributed by atoms with Gasteiger partial charge >= 0.3 is 0 Å². The number of likely N-dealkylation sites (tertiary alicyclic amines) is 1. The van der Waals surface area contributed by atoms with Crippen molar-refractivity contribution in [3.8, 4) is 0 Å². The minimum absolute atomic E-state index is 1.14. The molecule has 1 heterocycles. The van der Waals surface area contributed by atoms with Crippen LogP contribution in [0.15, 0.2) is 30.3 Å². The van der Waals surface area contributed by atoms with Crippen LogP contribution in [0.2, 0.25) is 0 Å². The molecule has 1 aromatic carbocycles. The molecule has 112 valence electrons. The molecule has 0 aromatic heterocycles. The van der Waals surface area contributed by atoms with Gasteiger partial charge in [0, 0.05) is 18.1 Å². The fourth-order valence-corrected chi connectivity index (χ4v) is 3.68. The first-order chi connectivity index (χ1) is 9.84. The summed E-state index contributed by atoms with van der Waals surface area (Å²) in [6, 6.07) is 10.8. The van der Waals surface area contributed by atoms with E-state index in [-0.39, 0.29) is 0 Å². The molecular weight excluding hydrogens is 264 g/mol. The Labute approximate surface area is 128 Å². The lowest BCUT2D eigenvalue weighted by atomic mass is 10.2. The zero-order valence-corrected chi connectivity index (χ0v) is 13.6. The highest BCUT2D eigenvalue weighted by Crippen LogP contribution is 2.12. The van der Waals surface area contributed by atoms with E-state index < -0.39 is 0 Å². The first-order valence-corrected chi connectivity index (χ1v) is 9.02. The molecule has 0 amide bonds. The van der Waals surface area contributed by atoms with Crippen LogP contribution in [0.25, 0.3) is 0 Å². The van der Waals surface area contributed by atoms with E-state index in [9.17, 15) is 0 Å². The van der Waals surface area contributed by atoms with Gasteiger partial charge in [-0.1, -0.05) is 30.3 Å². The highest BCUT2D eigenvalue weighted by atomic mass is 32.2. The van der Waals surface area contributed by atoms with Crippen LogP contribution in [0.5, 0.6) is 0 Å². The van der Waals surface area contributed by atoms with Crippen molar-refractivity contribution in [1.82, 2.24) is 9.80 Å². The fraction of sp³-hybridized carbons (Fsp3) is 0.647. The summed E-state index contributed by atoms with van der Waals surface area (Å²) in [7, 11) is 2.26. The van der Waals surface area contributed by atoms with E-state index in [4.69, 9.17) is 0 Å². The molecule has 0 aliphatic carbocycles. The van der Waals surface area contributed by atoms with E-state index in [1.807, 2.05) is 11.8 Å². The summed E-state index contributed by atoms with van der Waals surface area (Å²) in [6.45, 7) is 6.40. The quantitative estimate of drug-likeness (QED) is 0.645. The zero-order chi connectivity index (χ0) is 14.0. The second-order valence-electron chi connectivity index (χ2n) is 5.74. The lowest BCUT2D eigenvalue weighted by molar-refractivity contribution is 0.287. The summed E-state index contributed by atoms with van der Waals surface area (Å²) >= 11 is 2.04. The van der Waals surface area contributed by atoms with E-state index in [0.717, 1.165) is 5.75 Å². The van der Waals surface area contributed by atoms with Gasteiger partial charge in [0.05, 0.1) is 0 Å². The molecule has 2 rings (SSSR count). The summed E-state index contributed by atoms with van der Waals surface area (Å²) in [6.07, 6.45) is 4.14. The average Bonchev–Trinajstić information content (AvgIpc) is 2.98. The molecule has 1 fully saturated rings. The molecular formula is C17H28N2S. The minimum Gasteiger partial charge on any atom is -0.305 e. The van der Waals surface area contributed by atoms with Crippen LogP contribution < -0.4 is 0 Å². The second-order valence-corrected chi connectivity index (χ2v) is 6.85. The molecule has 0 saturated carbocycles. The molecule has 0 bridgehead atoms. The predicted octanol–water partition coefficient (Wildman–Crippen LogP) is 3.34. The molecule has 2 nitrogen and oxygen atoms in total. The summed E-state index contributed by atoms with van der Waals surface area (Å²) < 4.78 is 0. The average molecular weight is 292 g/mol. The van der Waals surface area contributed by atoms with Gasteiger partial charge in [-0.2, -0.15) is 11.8 Å². The molecule has 1 aromatic rings. The van der Waals surface area contributed by atoms with Crippen LogP contribution in [0.3, 0.4) is 0 Å². The third-order valence-corrected chi connectivity index (χ3v) is 4.95. The van der Waals surface area contributed by atoms with Crippen LogP contribution in [0, 0.1) is 0 Å². The third-order valence-electron chi connectivity index (χ3n) is 3.94. The summed E-state index contributed by atoms with van der Waals surface area (Å²) in [5.41, 5.74) is 1.44. The number of hydrogen-bond donors (Lipinski definition) is 0. The van der Waals surface area contributed by atoms with E-state index in [2.05, 4.69) is 47.2 Å². The van der Waals surface area contributed by atoms with Crippen molar-refractivity contribution >= 4 is 11.8 Å². The van der Waals surface area contributed by atoms with Crippen molar-refractivity contribution in [2.45, 2.75) is 25.0 Å². The number of nitrogens with zero attached hydrogens (tertiary/aromatic N) is 2. The van der Waals surface area contributed by atoms with Gasteiger partial charge in [0.2, 0.25) is 0 Å². The van der Waals surface area contributed by atoms with Crippen LogP contribution in [-0.2, 0) is 5.75 Å². The maximum Gasteiger partial charge on any atom is 0.0185 e. The number of benzene rings is 1. The summed E-state index contributed by atoms with van der Waals surface area (Å²) in [5, 5.41) is 0. The Morgan fingerprint density at radius 2 is 1.85 bits per heavy atom. The van der Waals surface area contributed by atoms with Gasteiger partial charge in [-0.15, -0.1) is 0 Å². The van der Waals surface area contributed by atoms with E-state index in [1.165, 1.54) is 63.3 Å². The van der Waals surface area contributed by atoms with Crippen molar-refractivity contribution in [2.24, 2.45) is 0 Å².